The van der Waals surface area contributed by atoms with E-state index >= 15 is 0 Å². The number of carbonyl (C=O) groups is 1. The third kappa shape index (κ3) is 7.15. The highest BCUT2D eigenvalue weighted by Gasteiger charge is 2.49. The first-order valence-corrected chi connectivity index (χ1v) is 12.9. The zero-order chi connectivity index (χ0) is 29.8. The Hall–Kier alpha value is -3.10. The molecule has 6 nitrogen and oxygen atoms in total. The van der Waals surface area contributed by atoms with Crippen molar-refractivity contribution in [3.8, 4) is 23.0 Å². The summed E-state index contributed by atoms with van der Waals surface area (Å²) in [6.45, 7) is 3.40. The number of rotatable bonds is 5. The van der Waals surface area contributed by atoms with Crippen molar-refractivity contribution in [2.24, 2.45) is 0 Å². The number of hydrogen-bond acceptors (Lipinski definition) is 6. The predicted molar refractivity (Wildman–Crippen MR) is 143 cm³/mol. The summed E-state index contributed by atoms with van der Waals surface area (Å²) in [6, 6.07) is 6.25. The molecule has 0 aliphatic carbocycles. The zero-order valence-corrected chi connectivity index (χ0v) is 23.9. The topological polar surface area (TPSA) is 63.2 Å². The van der Waals surface area contributed by atoms with E-state index in [0.717, 1.165) is 15.2 Å². The van der Waals surface area contributed by atoms with E-state index in [1.54, 1.807) is 12.1 Å². The Bertz CT molecular complexity index is 1300. The molecule has 0 spiro atoms. The Balaban J connectivity index is 0.000000230. The lowest BCUT2D eigenvalue weighted by Gasteiger charge is -2.28. The van der Waals surface area contributed by atoms with Crippen molar-refractivity contribution < 1.29 is 54.8 Å². The fraction of sp³-hybridized carbons (Fsp3) is 0.370. The van der Waals surface area contributed by atoms with E-state index in [2.05, 4.69) is 22.6 Å². The molecule has 2 aliphatic rings. The Morgan fingerprint density at radius 1 is 0.900 bits per heavy atom. The molecule has 4 rings (SSSR count). The first-order valence-electron chi connectivity index (χ1n) is 11.9. The minimum atomic E-state index is -4.73. The first-order chi connectivity index (χ1) is 18.7. The summed E-state index contributed by atoms with van der Waals surface area (Å²) in [6.07, 6.45) is -9.15. The summed E-state index contributed by atoms with van der Waals surface area (Å²) >= 11 is 2.05. The van der Waals surface area contributed by atoms with Gasteiger partial charge in [-0.25, -0.2) is 4.79 Å². The second-order valence-electron chi connectivity index (χ2n) is 8.38. The molecule has 0 amide bonds. The number of halogens is 7. The average molecular weight is 686 g/mol. The van der Waals surface area contributed by atoms with Crippen LogP contribution in [0.15, 0.2) is 35.9 Å². The van der Waals surface area contributed by atoms with Gasteiger partial charge in [-0.3, -0.25) is 0 Å². The number of hydrogen-bond donors (Lipinski definition) is 0. The number of carbonyl (C=O) groups excluding carboxylic acids is 1. The van der Waals surface area contributed by atoms with Gasteiger partial charge in [0.15, 0.2) is 0 Å². The van der Waals surface area contributed by atoms with Gasteiger partial charge in [-0.15, -0.1) is 0 Å². The molecule has 0 radical (unpaired) electrons. The highest BCUT2D eigenvalue weighted by atomic mass is 127. The highest BCUT2D eigenvalue weighted by molar-refractivity contribution is 14.1. The molecule has 13 heteroatoms. The van der Waals surface area contributed by atoms with Crippen LogP contribution in [0.25, 0.3) is 12.2 Å². The van der Waals surface area contributed by atoms with Gasteiger partial charge in [0.1, 0.15) is 23.0 Å². The van der Waals surface area contributed by atoms with Gasteiger partial charge in [0.2, 0.25) is 12.2 Å². The van der Waals surface area contributed by atoms with Gasteiger partial charge in [-0.1, -0.05) is 13.0 Å². The molecule has 0 bridgehead atoms. The maximum absolute atomic E-state index is 13.2. The smallest absolute Gasteiger partial charge is 0.430 e. The van der Waals surface area contributed by atoms with E-state index < -0.39 is 36.1 Å². The third-order valence-corrected chi connectivity index (χ3v) is 6.59. The second kappa shape index (κ2) is 12.6. The van der Waals surface area contributed by atoms with Crippen molar-refractivity contribution in [1.29, 1.82) is 0 Å². The molecule has 2 atom stereocenters. The number of benzene rings is 2. The molecule has 218 valence electrons. The molecule has 2 aliphatic heterocycles. The molecule has 0 N–H and O–H groups in total. The number of methoxy groups -OCH3 is 2. The molecule has 0 aromatic heterocycles. The zero-order valence-electron chi connectivity index (χ0n) is 21.7. The maximum atomic E-state index is 13.2. The fourth-order valence-corrected chi connectivity index (χ4v) is 4.56. The van der Waals surface area contributed by atoms with E-state index in [0.29, 0.717) is 29.0 Å². The molecule has 0 fully saturated rings. The summed E-state index contributed by atoms with van der Waals surface area (Å²) in [5, 5.41) is 0. The maximum Gasteiger partial charge on any atom is 0.430 e. The van der Waals surface area contributed by atoms with Crippen LogP contribution < -0.4 is 18.9 Å². The summed E-state index contributed by atoms with van der Waals surface area (Å²) < 4.78 is 103. The van der Waals surface area contributed by atoms with Crippen LogP contribution in [0.5, 0.6) is 23.0 Å². The number of esters is 1. The Morgan fingerprint density at radius 3 is 2.08 bits per heavy atom. The number of aryl methyl sites for hydroxylation is 1. The van der Waals surface area contributed by atoms with Gasteiger partial charge in [-0.2, -0.15) is 26.3 Å². The monoisotopic (exact) mass is 686 g/mol. The SMILES string of the molecule is CCOC(=O)C1=Cc2cc(CC)c(OC)cc2OC1C(F)(F)F.COc1cc2c(cc1I)C=CC(C(F)(F)F)O2. The Labute approximate surface area is 240 Å². The molecule has 2 unspecified atom stereocenters. The van der Waals surface area contributed by atoms with Crippen molar-refractivity contribution in [1.82, 2.24) is 0 Å². The second-order valence-corrected chi connectivity index (χ2v) is 9.54. The molecule has 40 heavy (non-hydrogen) atoms. The van der Waals surface area contributed by atoms with E-state index in [-0.39, 0.29) is 18.1 Å². The van der Waals surface area contributed by atoms with Crippen LogP contribution in [0.4, 0.5) is 26.3 Å². The number of fused-ring (bicyclic) bond motifs is 2. The molecule has 2 aromatic carbocycles. The van der Waals surface area contributed by atoms with E-state index in [9.17, 15) is 31.1 Å². The van der Waals surface area contributed by atoms with Gasteiger partial charge in [0.05, 0.1) is 30.0 Å². The lowest BCUT2D eigenvalue weighted by atomic mass is 9.98. The fourth-order valence-electron chi connectivity index (χ4n) is 3.85. The summed E-state index contributed by atoms with van der Waals surface area (Å²) in [5.41, 5.74) is 1.26. The van der Waals surface area contributed by atoms with Crippen LogP contribution in [-0.2, 0) is 16.0 Å². The van der Waals surface area contributed by atoms with E-state index in [1.165, 1.54) is 45.4 Å². The van der Waals surface area contributed by atoms with Gasteiger partial charge in [0, 0.05) is 23.3 Å². The van der Waals surface area contributed by atoms with Gasteiger partial charge >= 0.3 is 18.3 Å². The minimum Gasteiger partial charge on any atom is -0.496 e. The first kappa shape index (κ1) is 31.4. The van der Waals surface area contributed by atoms with Gasteiger partial charge in [-0.05, 0) is 65.8 Å². The van der Waals surface area contributed by atoms with Gasteiger partial charge in [0.25, 0.3) is 0 Å². The molecule has 0 saturated carbocycles. The van der Waals surface area contributed by atoms with Crippen LogP contribution in [0.1, 0.15) is 30.5 Å². The standard InChI is InChI=1S/C16H17F3O4.C11H8F3IO2/c1-4-9-6-10-7-11(15(20)22-5-2)14(16(17,18)19)23-13(10)8-12(9)21-3;1-16-9-5-8-6(4-7(9)15)2-3-10(17-8)11(12,13)14/h6-8,14H,4-5H2,1-3H3;2-5,10H,1H3. The lowest BCUT2D eigenvalue weighted by Crippen LogP contribution is -2.40. The van der Waals surface area contributed by atoms with Gasteiger partial charge < -0.3 is 23.7 Å². The Kier molecular flexibility index (Phi) is 9.90. The molecule has 2 heterocycles. The van der Waals surface area contributed by atoms with Crippen LogP contribution in [0, 0.1) is 3.57 Å². The van der Waals surface area contributed by atoms with Crippen molar-refractivity contribution >= 4 is 40.7 Å². The molecule has 2 aromatic rings. The van der Waals surface area contributed by atoms with Crippen molar-refractivity contribution in [2.45, 2.75) is 44.8 Å². The average Bonchev–Trinajstić information content (AvgIpc) is 2.90. The van der Waals surface area contributed by atoms with Crippen LogP contribution in [0.2, 0.25) is 0 Å². The van der Waals surface area contributed by atoms with Crippen molar-refractivity contribution in [3.05, 3.63) is 56.2 Å². The largest absolute Gasteiger partial charge is 0.496 e. The lowest BCUT2D eigenvalue weighted by molar-refractivity contribution is -0.187. The Morgan fingerprint density at radius 2 is 1.52 bits per heavy atom. The molecular weight excluding hydrogens is 661 g/mol. The predicted octanol–water partition coefficient (Wildman–Crippen LogP) is 7.16. The summed E-state index contributed by atoms with van der Waals surface area (Å²) in [4.78, 5) is 11.8. The highest BCUT2D eigenvalue weighted by Crippen LogP contribution is 2.41. The summed E-state index contributed by atoms with van der Waals surface area (Å²) in [7, 11) is 2.90. The van der Waals surface area contributed by atoms with Crippen LogP contribution >= 0.6 is 22.6 Å². The summed E-state index contributed by atoms with van der Waals surface area (Å²) in [5.74, 6) is 0.122. The quantitative estimate of drug-likeness (QED) is 0.189. The van der Waals surface area contributed by atoms with Crippen molar-refractivity contribution in [2.75, 3.05) is 20.8 Å². The molecular formula is C27H25F6IO6. The van der Waals surface area contributed by atoms with Crippen LogP contribution in [0.3, 0.4) is 0 Å². The van der Waals surface area contributed by atoms with Crippen molar-refractivity contribution in [3.63, 3.8) is 0 Å². The normalized spacial score (nSPS) is 17.6. The van der Waals surface area contributed by atoms with E-state index in [4.69, 9.17) is 23.7 Å². The number of alkyl halides is 6. The van der Waals surface area contributed by atoms with E-state index in [1.807, 2.05) is 6.92 Å². The third-order valence-electron chi connectivity index (χ3n) is 5.75. The minimum absolute atomic E-state index is 0.0174. The number of ether oxygens (including phenoxy) is 5. The van der Waals surface area contributed by atoms with Crippen LogP contribution in [-0.4, -0.2) is 51.4 Å². The molecule has 0 saturated heterocycles.